The minimum absolute atomic E-state index is 0.246. The molecule has 0 atom stereocenters. The Balaban J connectivity index is 2.08. The van der Waals surface area contributed by atoms with Gasteiger partial charge in [-0.15, -0.1) is 0 Å². The van der Waals surface area contributed by atoms with E-state index in [9.17, 15) is 4.39 Å². The van der Waals surface area contributed by atoms with E-state index in [4.69, 9.17) is 22.1 Å². The lowest BCUT2D eigenvalue weighted by molar-refractivity contribution is 0.306. The molecule has 0 amide bonds. The number of nitrogens with two attached hydrogens (primary N) is 1. The Labute approximate surface area is 121 Å². The Bertz CT molecular complexity index is 640. The van der Waals surface area contributed by atoms with Crippen molar-refractivity contribution in [3.63, 3.8) is 0 Å². The normalized spacial score (nSPS) is 11.4. The van der Waals surface area contributed by atoms with Crippen LogP contribution in [0, 0.1) is 5.82 Å². The van der Waals surface area contributed by atoms with Gasteiger partial charge in [0, 0.05) is 0 Å². The third kappa shape index (κ3) is 3.96. The van der Waals surface area contributed by atoms with Crippen LogP contribution in [-0.4, -0.2) is 5.84 Å². The molecule has 0 aliphatic heterocycles. The molecular weight excluding hydrogens is 279 g/mol. The zero-order valence-corrected chi connectivity index (χ0v) is 11.7. The van der Waals surface area contributed by atoms with Crippen molar-refractivity contribution in [3.8, 4) is 5.75 Å². The highest BCUT2D eigenvalue weighted by Crippen LogP contribution is 2.29. The van der Waals surface area contributed by atoms with E-state index in [-0.39, 0.29) is 12.4 Å². The highest BCUT2D eigenvalue weighted by molar-refractivity contribution is 6.32. The molecule has 0 aliphatic rings. The first-order valence-electron chi connectivity index (χ1n) is 6.02. The highest BCUT2D eigenvalue weighted by Gasteiger charge is 2.04. The Morgan fingerprint density at radius 2 is 2.10 bits per heavy atom. The van der Waals surface area contributed by atoms with Gasteiger partial charge in [0.1, 0.15) is 18.2 Å². The van der Waals surface area contributed by atoms with Crippen LogP contribution in [0.2, 0.25) is 5.02 Å². The molecule has 0 spiro atoms. The van der Waals surface area contributed by atoms with Crippen molar-refractivity contribution in [1.82, 2.24) is 0 Å². The standard InChI is InChI=1S/C15H14ClFN2O/c1-10(18)19-13-5-6-15(14(16)8-13)20-9-11-3-2-4-12(17)7-11/h2-8H,9H2,1H3,(H2,18,19). The van der Waals surface area contributed by atoms with Crippen molar-refractivity contribution in [3.05, 3.63) is 58.9 Å². The van der Waals surface area contributed by atoms with Crippen LogP contribution in [0.5, 0.6) is 5.75 Å². The van der Waals surface area contributed by atoms with E-state index in [1.807, 2.05) is 0 Å². The van der Waals surface area contributed by atoms with Gasteiger partial charge in [0.15, 0.2) is 0 Å². The Hall–Kier alpha value is -2.07. The second kappa shape index (κ2) is 6.39. The number of nitrogens with zero attached hydrogens (tertiary/aromatic N) is 1. The molecule has 2 aromatic rings. The summed E-state index contributed by atoms with van der Waals surface area (Å²) in [5, 5.41) is 0.434. The number of benzene rings is 2. The molecule has 20 heavy (non-hydrogen) atoms. The molecule has 3 nitrogen and oxygen atoms in total. The summed E-state index contributed by atoms with van der Waals surface area (Å²) in [6.07, 6.45) is 0. The van der Waals surface area contributed by atoms with Gasteiger partial charge in [0.05, 0.1) is 16.5 Å². The number of halogens is 2. The Morgan fingerprint density at radius 1 is 1.30 bits per heavy atom. The van der Waals surface area contributed by atoms with Gasteiger partial charge in [0.25, 0.3) is 0 Å². The topological polar surface area (TPSA) is 47.6 Å². The summed E-state index contributed by atoms with van der Waals surface area (Å²) < 4.78 is 18.6. The highest BCUT2D eigenvalue weighted by atomic mass is 35.5. The molecule has 0 aromatic heterocycles. The molecule has 0 heterocycles. The molecule has 0 saturated carbocycles. The third-order valence-electron chi connectivity index (χ3n) is 2.50. The minimum atomic E-state index is -0.291. The molecule has 0 unspecified atom stereocenters. The van der Waals surface area contributed by atoms with Gasteiger partial charge >= 0.3 is 0 Å². The minimum Gasteiger partial charge on any atom is -0.487 e. The van der Waals surface area contributed by atoms with E-state index < -0.39 is 0 Å². The molecular formula is C15H14ClFN2O. The molecule has 2 aromatic carbocycles. The molecule has 5 heteroatoms. The van der Waals surface area contributed by atoms with Crippen LogP contribution in [0.25, 0.3) is 0 Å². The fourth-order valence-electron chi connectivity index (χ4n) is 1.67. The molecule has 2 rings (SSSR count). The maximum Gasteiger partial charge on any atom is 0.138 e. The van der Waals surface area contributed by atoms with E-state index in [0.717, 1.165) is 5.56 Å². The molecule has 104 valence electrons. The fourth-order valence-corrected chi connectivity index (χ4v) is 1.90. The zero-order chi connectivity index (χ0) is 14.5. The number of amidine groups is 1. The number of aliphatic imine (C=N–C) groups is 1. The SMILES string of the molecule is CC(N)=Nc1ccc(OCc2cccc(F)c2)c(Cl)c1. The Morgan fingerprint density at radius 3 is 2.75 bits per heavy atom. The summed E-state index contributed by atoms with van der Waals surface area (Å²) in [6, 6.07) is 11.4. The molecule has 0 fully saturated rings. The monoisotopic (exact) mass is 292 g/mol. The van der Waals surface area contributed by atoms with Crippen LogP contribution in [0.15, 0.2) is 47.5 Å². The zero-order valence-electron chi connectivity index (χ0n) is 10.9. The first-order valence-corrected chi connectivity index (χ1v) is 6.40. The lowest BCUT2D eigenvalue weighted by atomic mass is 10.2. The van der Waals surface area contributed by atoms with Crippen molar-refractivity contribution in [1.29, 1.82) is 0 Å². The lowest BCUT2D eigenvalue weighted by Crippen LogP contribution is -2.03. The van der Waals surface area contributed by atoms with Crippen molar-refractivity contribution < 1.29 is 9.13 Å². The largest absolute Gasteiger partial charge is 0.487 e. The van der Waals surface area contributed by atoms with E-state index in [0.29, 0.717) is 22.3 Å². The van der Waals surface area contributed by atoms with Crippen LogP contribution in [-0.2, 0) is 6.61 Å². The van der Waals surface area contributed by atoms with Crippen molar-refractivity contribution in [2.75, 3.05) is 0 Å². The van der Waals surface area contributed by atoms with Gasteiger partial charge in [-0.05, 0) is 42.8 Å². The number of hydrogen-bond acceptors (Lipinski definition) is 2. The van der Waals surface area contributed by atoms with Gasteiger partial charge in [-0.2, -0.15) is 0 Å². The van der Waals surface area contributed by atoms with Gasteiger partial charge in [-0.3, -0.25) is 0 Å². The summed E-state index contributed by atoms with van der Waals surface area (Å²) in [5.74, 6) is 0.680. The predicted octanol–water partition coefficient (Wildman–Crippen LogP) is 4.07. The van der Waals surface area contributed by atoms with Crippen LogP contribution in [0.3, 0.4) is 0 Å². The summed E-state index contributed by atoms with van der Waals surface area (Å²) in [4.78, 5) is 4.10. The lowest BCUT2D eigenvalue weighted by Gasteiger charge is -2.08. The quantitative estimate of drug-likeness (QED) is 0.682. The summed E-state index contributed by atoms with van der Waals surface area (Å²) in [7, 11) is 0. The van der Waals surface area contributed by atoms with Gasteiger partial charge < -0.3 is 10.5 Å². The van der Waals surface area contributed by atoms with Crippen LogP contribution in [0.1, 0.15) is 12.5 Å². The van der Waals surface area contributed by atoms with Gasteiger partial charge in [-0.25, -0.2) is 9.38 Å². The van der Waals surface area contributed by atoms with Crippen molar-refractivity contribution in [2.24, 2.45) is 10.7 Å². The van der Waals surface area contributed by atoms with E-state index >= 15 is 0 Å². The number of hydrogen-bond donors (Lipinski definition) is 1. The maximum absolute atomic E-state index is 13.0. The third-order valence-corrected chi connectivity index (χ3v) is 2.80. The summed E-state index contributed by atoms with van der Waals surface area (Å²) in [5.41, 5.74) is 6.90. The summed E-state index contributed by atoms with van der Waals surface area (Å²) >= 11 is 6.10. The Kier molecular flexibility index (Phi) is 4.58. The average Bonchev–Trinajstić information content (AvgIpc) is 2.37. The van der Waals surface area contributed by atoms with E-state index in [2.05, 4.69) is 4.99 Å². The molecule has 0 saturated heterocycles. The van der Waals surface area contributed by atoms with Crippen LogP contribution >= 0.6 is 11.6 Å². The predicted molar refractivity (Wildman–Crippen MR) is 79.1 cm³/mol. The molecule has 0 radical (unpaired) electrons. The van der Waals surface area contributed by atoms with Gasteiger partial charge in [-0.1, -0.05) is 23.7 Å². The first-order chi connectivity index (χ1) is 9.54. The maximum atomic E-state index is 13.0. The first kappa shape index (κ1) is 14.3. The smallest absolute Gasteiger partial charge is 0.138 e. The van der Waals surface area contributed by atoms with Crippen LogP contribution < -0.4 is 10.5 Å². The van der Waals surface area contributed by atoms with E-state index in [1.54, 1.807) is 37.3 Å². The van der Waals surface area contributed by atoms with Crippen LogP contribution in [0.4, 0.5) is 10.1 Å². The molecule has 2 N–H and O–H groups in total. The van der Waals surface area contributed by atoms with Crippen molar-refractivity contribution in [2.45, 2.75) is 13.5 Å². The fraction of sp³-hybridized carbons (Fsp3) is 0.133. The van der Waals surface area contributed by atoms with E-state index in [1.165, 1.54) is 12.1 Å². The second-order valence-electron chi connectivity index (χ2n) is 4.29. The average molecular weight is 293 g/mol. The van der Waals surface area contributed by atoms with Crippen molar-refractivity contribution >= 4 is 23.1 Å². The second-order valence-corrected chi connectivity index (χ2v) is 4.69. The number of ether oxygens (including phenoxy) is 1. The summed E-state index contributed by atoms with van der Waals surface area (Å²) in [6.45, 7) is 1.94. The molecule has 0 bridgehead atoms. The van der Waals surface area contributed by atoms with Gasteiger partial charge in [0.2, 0.25) is 0 Å². The number of rotatable bonds is 4. The molecule has 0 aliphatic carbocycles.